The number of phenols is 2. The van der Waals surface area contributed by atoms with E-state index in [0.29, 0.717) is 43.3 Å². The molecule has 0 atom stereocenters. The highest BCUT2D eigenvalue weighted by molar-refractivity contribution is 5.69. The van der Waals surface area contributed by atoms with Crippen LogP contribution in [0.2, 0.25) is 0 Å². The van der Waals surface area contributed by atoms with Crippen LogP contribution in [0.3, 0.4) is 0 Å². The Kier molecular flexibility index (Phi) is 21.7. The summed E-state index contributed by atoms with van der Waals surface area (Å²) in [6.45, 7) is 10.4. The molecule has 0 heterocycles. The Morgan fingerprint density at radius 3 is 1.21 bits per heavy atom. The predicted octanol–water partition coefficient (Wildman–Crippen LogP) is 10.7. The van der Waals surface area contributed by atoms with Crippen molar-refractivity contribution in [3.8, 4) is 28.7 Å². The van der Waals surface area contributed by atoms with Crippen LogP contribution in [0.25, 0.3) is 0 Å². The summed E-state index contributed by atoms with van der Waals surface area (Å²) in [7, 11) is 0. The molecule has 1 rings (SSSR count). The maximum absolute atomic E-state index is 11.1. The van der Waals surface area contributed by atoms with Gasteiger partial charge in [-0.2, -0.15) is 0 Å². The average molecular weight is 551 g/mol. The van der Waals surface area contributed by atoms with Gasteiger partial charge in [0.15, 0.2) is 11.5 Å². The highest BCUT2D eigenvalue weighted by Crippen LogP contribution is 2.53. The van der Waals surface area contributed by atoms with E-state index in [2.05, 4.69) is 27.7 Å². The molecule has 0 radical (unpaired) electrons. The Balaban J connectivity index is 3.11. The summed E-state index contributed by atoms with van der Waals surface area (Å²) in [6, 6.07) is 0. The van der Waals surface area contributed by atoms with Crippen molar-refractivity contribution in [2.75, 3.05) is 19.8 Å². The van der Waals surface area contributed by atoms with Crippen LogP contribution in [0.15, 0.2) is 0 Å². The third-order valence-electron chi connectivity index (χ3n) is 7.42. The minimum Gasteiger partial charge on any atom is -0.504 e. The molecule has 1 aromatic carbocycles. The first-order valence-electron chi connectivity index (χ1n) is 16.6. The first-order valence-corrected chi connectivity index (χ1v) is 16.6. The molecule has 0 unspecified atom stereocenters. The van der Waals surface area contributed by atoms with Crippen molar-refractivity contribution in [2.24, 2.45) is 0 Å². The van der Waals surface area contributed by atoms with Gasteiger partial charge in [0.1, 0.15) is 0 Å². The molecular formula is C34H62O5. The van der Waals surface area contributed by atoms with Crippen molar-refractivity contribution >= 4 is 0 Å². The van der Waals surface area contributed by atoms with E-state index in [1.165, 1.54) is 64.2 Å². The van der Waals surface area contributed by atoms with Crippen LogP contribution in [0.1, 0.15) is 162 Å². The van der Waals surface area contributed by atoms with Crippen LogP contribution in [-0.4, -0.2) is 30.0 Å². The number of rotatable bonds is 27. The number of aromatic hydroxyl groups is 2. The molecule has 0 saturated carbocycles. The maximum Gasteiger partial charge on any atom is 0.211 e. The number of hydrogen-bond acceptors (Lipinski definition) is 5. The molecule has 0 amide bonds. The highest BCUT2D eigenvalue weighted by Gasteiger charge is 2.27. The van der Waals surface area contributed by atoms with Gasteiger partial charge in [0.25, 0.3) is 0 Å². The van der Waals surface area contributed by atoms with Crippen LogP contribution < -0.4 is 14.2 Å². The Morgan fingerprint density at radius 2 is 0.744 bits per heavy atom. The lowest BCUT2D eigenvalue weighted by molar-refractivity contribution is 0.223. The number of phenolic OH excluding ortho intramolecular Hbond substituents is 2. The molecule has 0 spiro atoms. The highest BCUT2D eigenvalue weighted by atomic mass is 16.5. The molecule has 2 N–H and O–H groups in total. The molecule has 0 saturated heterocycles. The van der Waals surface area contributed by atoms with E-state index in [4.69, 9.17) is 14.2 Å². The van der Waals surface area contributed by atoms with Crippen LogP contribution in [0.5, 0.6) is 28.7 Å². The molecule has 5 heteroatoms. The van der Waals surface area contributed by atoms with Gasteiger partial charge < -0.3 is 24.4 Å². The van der Waals surface area contributed by atoms with E-state index in [9.17, 15) is 10.2 Å². The number of ether oxygens (including phenoxy) is 3. The Hall–Kier alpha value is -1.78. The fourth-order valence-corrected chi connectivity index (χ4v) is 4.90. The molecule has 0 bridgehead atoms. The van der Waals surface area contributed by atoms with Crippen molar-refractivity contribution < 1.29 is 24.4 Å². The molecule has 5 nitrogen and oxygen atoms in total. The summed E-state index contributed by atoms with van der Waals surface area (Å²) >= 11 is 0. The predicted molar refractivity (Wildman–Crippen MR) is 165 cm³/mol. The molecule has 228 valence electrons. The van der Waals surface area contributed by atoms with Gasteiger partial charge in [-0.15, -0.1) is 0 Å². The summed E-state index contributed by atoms with van der Waals surface area (Å²) in [5.41, 5.74) is 0.663. The quantitative estimate of drug-likeness (QED) is 0.0842. The van der Waals surface area contributed by atoms with Gasteiger partial charge in [0.05, 0.1) is 19.8 Å². The van der Waals surface area contributed by atoms with E-state index in [1.807, 2.05) is 0 Å². The van der Waals surface area contributed by atoms with E-state index >= 15 is 0 Å². The van der Waals surface area contributed by atoms with Crippen LogP contribution in [-0.2, 0) is 6.42 Å². The second-order valence-corrected chi connectivity index (χ2v) is 11.1. The normalized spacial score (nSPS) is 11.2. The summed E-state index contributed by atoms with van der Waals surface area (Å²) in [6.07, 6.45) is 23.5. The fraction of sp³-hybridized carbons (Fsp3) is 0.824. The van der Waals surface area contributed by atoms with Gasteiger partial charge in [-0.05, 0) is 32.1 Å². The van der Waals surface area contributed by atoms with Crippen molar-refractivity contribution in [1.82, 2.24) is 0 Å². The molecule has 0 aliphatic heterocycles. The van der Waals surface area contributed by atoms with Gasteiger partial charge >= 0.3 is 0 Å². The Bertz CT molecular complexity index is 718. The van der Waals surface area contributed by atoms with Crippen LogP contribution in [0.4, 0.5) is 0 Å². The van der Waals surface area contributed by atoms with Crippen LogP contribution >= 0.6 is 0 Å². The SMILES string of the molecule is CCCCCCCCCCc1c(O)c(O)c(OCCCCCC)c(OCCCCCC)c1OCCCCCC. The van der Waals surface area contributed by atoms with Crippen molar-refractivity contribution in [3.05, 3.63) is 5.56 Å². The number of unbranched alkanes of at least 4 members (excludes halogenated alkanes) is 16. The smallest absolute Gasteiger partial charge is 0.211 e. The average Bonchev–Trinajstić information content (AvgIpc) is 2.94. The Labute approximate surface area is 241 Å². The lowest BCUT2D eigenvalue weighted by Gasteiger charge is -2.22. The topological polar surface area (TPSA) is 68.2 Å². The Morgan fingerprint density at radius 1 is 0.385 bits per heavy atom. The molecule has 0 fully saturated rings. The van der Waals surface area contributed by atoms with Gasteiger partial charge in [-0.25, -0.2) is 0 Å². The van der Waals surface area contributed by atoms with Crippen LogP contribution in [0, 0.1) is 0 Å². The number of hydrogen-bond donors (Lipinski definition) is 2. The molecular weight excluding hydrogens is 488 g/mol. The summed E-state index contributed by atoms with van der Waals surface area (Å²) in [5, 5.41) is 22.2. The molecule has 39 heavy (non-hydrogen) atoms. The minimum atomic E-state index is -0.207. The van der Waals surface area contributed by atoms with Gasteiger partial charge in [0, 0.05) is 5.56 Å². The second-order valence-electron chi connectivity index (χ2n) is 11.1. The first kappa shape index (κ1) is 35.2. The molecule has 0 aliphatic rings. The lowest BCUT2D eigenvalue weighted by Crippen LogP contribution is -2.09. The third kappa shape index (κ3) is 15.0. The van der Waals surface area contributed by atoms with Gasteiger partial charge in [0.2, 0.25) is 17.2 Å². The minimum absolute atomic E-state index is 0.108. The van der Waals surface area contributed by atoms with Gasteiger partial charge in [-0.1, -0.05) is 130 Å². The standard InChI is InChI=1S/C34H62O5/c1-5-9-13-17-18-19-20-21-25-29-30(35)31(36)33(38-27-23-15-11-7-3)34(39-28-24-16-12-8-4)32(29)37-26-22-14-10-6-2/h35-36H,5-28H2,1-4H3. The maximum atomic E-state index is 11.1. The van der Waals surface area contributed by atoms with Crippen molar-refractivity contribution in [2.45, 2.75) is 163 Å². The van der Waals surface area contributed by atoms with Crippen molar-refractivity contribution in [1.29, 1.82) is 0 Å². The third-order valence-corrected chi connectivity index (χ3v) is 7.42. The second kappa shape index (κ2) is 24.1. The zero-order chi connectivity index (χ0) is 28.6. The molecule has 0 aromatic heterocycles. The lowest BCUT2D eigenvalue weighted by atomic mass is 10.0. The zero-order valence-electron chi connectivity index (χ0n) is 26.1. The fourth-order valence-electron chi connectivity index (χ4n) is 4.90. The summed E-state index contributed by atoms with van der Waals surface area (Å²) in [4.78, 5) is 0. The van der Waals surface area contributed by atoms with E-state index < -0.39 is 0 Å². The van der Waals surface area contributed by atoms with E-state index in [-0.39, 0.29) is 17.2 Å². The first-order chi connectivity index (χ1) is 19.1. The molecule has 1 aromatic rings. The van der Waals surface area contributed by atoms with Crippen molar-refractivity contribution in [3.63, 3.8) is 0 Å². The summed E-state index contributed by atoms with van der Waals surface area (Å²) in [5.74, 6) is 0.971. The number of benzene rings is 1. The van der Waals surface area contributed by atoms with Gasteiger partial charge in [-0.3, -0.25) is 0 Å². The largest absolute Gasteiger partial charge is 0.504 e. The zero-order valence-corrected chi connectivity index (χ0v) is 26.1. The van der Waals surface area contributed by atoms with E-state index in [1.54, 1.807) is 0 Å². The monoisotopic (exact) mass is 550 g/mol. The summed E-state index contributed by atoms with van der Waals surface area (Å²) < 4.78 is 18.8. The van der Waals surface area contributed by atoms with E-state index in [0.717, 1.165) is 64.2 Å². The molecule has 0 aliphatic carbocycles.